The first-order valence-electron chi connectivity index (χ1n) is 3.68. The SMILES string of the molecule is CSc1cc(C(C)=O)c[n+](C)c1. The molecule has 1 aromatic heterocycles. The summed E-state index contributed by atoms with van der Waals surface area (Å²) in [7, 11) is 1.92. The third-order valence-electron chi connectivity index (χ3n) is 1.61. The smallest absolute Gasteiger partial charge is 0.182 e. The second kappa shape index (κ2) is 3.72. The van der Waals surface area contributed by atoms with Crippen molar-refractivity contribution in [2.75, 3.05) is 6.26 Å². The van der Waals surface area contributed by atoms with Crippen LogP contribution >= 0.6 is 11.8 Å². The summed E-state index contributed by atoms with van der Waals surface area (Å²) in [6.45, 7) is 1.58. The number of thioether (sulfide) groups is 1. The van der Waals surface area contributed by atoms with Crippen LogP contribution in [0.15, 0.2) is 23.4 Å². The van der Waals surface area contributed by atoms with Crippen LogP contribution in [0.4, 0.5) is 0 Å². The van der Waals surface area contributed by atoms with Crippen LogP contribution in [0, 0.1) is 0 Å². The van der Waals surface area contributed by atoms with Crippen LogP contribution in [0.3, 0.4) is 0 Å². The monoisotopic (exact) mass is 182 g/mol. The molecular weight excluding hydrogens is 170 g/mol. The van der Waals surface area contributed by atoms with Gasteiger partial charge in [-0.1, -0.05) is 0 Å². The molecule has 3 heteroatoms. The van der Waals surface area contributed by atoms with Gasteiger partial charge in [-0.05, 0) is 19.2 Å². The summed E-state index contributed by atoms with van der Waals surface area (Å²) in [4.78, 5) is 12.2. The van der Waals surface area contributed by atoms with Crippen molar-refractivity contribution in [2.45, 2.75) is 11.8 Å². The van der Waals surface area contributed by atoms with Gasteiger partial charge in [0.25, 0.3) is 0 Å². The minimum Gasteiger partial charge on any atom is -0.294 e. The highest BCUT2D eigenvalue weighted by atomic mass is 32.2. The molecule has 0 saturated heterocycles. The standard InChI is InChI=1S/C9H12NOS/c1-7(11)8-4-9(12-3)6-10(2)5-8/h4-6H,1-3H3/q+1. The van der Waals surface area contributed by atoms with Gasteiger partial charge in [0.1, 0.15) is 7.05 Å². The number of hydrogen-bond acceptors (Lipinski definition) is 2. The highest BCUT2D eigenvalue weighted by Crippen LogP contribution is 2.13. The number of hydrogen-bond donors (Lipinski definition) is 0. The van der Waals surface area contributed by atoms with Gasteiger partial charge < -0.3 is 0 Å². The van der Waals surface area contributed by atoms with Crippen LogP contribution in [0.25, 0.3) is 0 Å². The zero-order valence-electron chi connectivity index (χ0n) is 7.50. The van der Waals surface area contributed by atoms with Crippen molar-refractivity contribution in [1.82, 2.24) is 0 Å². The van der Waals surface area contributed by atoms with E-state index in [0.29, 0.717) is 0 Å². The maximum atomic E-state index is 11.0. The number of pyridine rings is 1. The van der Waals surface area contributed by atoms with E-state index < -0.39 is 0 Å². The Bertz CT molecular complexity index is 309. The lowest BCUT2D eigenvalue weighted by molar-refractivity contribution is -0.673. The summed E-state index contributed by atoms with van der Waals surface area (Å²) in [5, 5.41) is 0. The number of ketones is 1. The first kappa shape index (κ1) is 9.26. The second-order valence-corrected chi connectivity index (χ2v) is 3.57. The molecule has 0 unspecified atom stereocenters. The molecule has 0 aliphatic carbocycles. The molecular formula is C9H12NOS+. The first-order chi connectivity index (χ1) is 5.63. The fraction of sp³-hybridized carbons (Fsp3) is 0.333. The van der Waals surface area contributed by atoms with Crippen LogP contribution in [0.5, 0.6) is 0 Å². The number of carbonyl (C=O) groups is 1. The molecule has 0 atom stereocenters. The number of aryl methyl sites for hydroxylation is 1. The molecule has 1 aromatic rings. The van der Waals surface area contributed by atoms with Gasteiger partial charge in [0.2, 0.25) is 0 Å². The molecule has 0 fully saturated rings. The maximum absolute atomic E-state index is 11.0. The molecule has 0 aromatic carbocycles. The molecule has 0 radical (unpaired) electrons. The van der Waals surface area contributed by atoms with E-state index in [4.69, 9.17) is 0 Å². The molecule has 1 heterocycles. The zero-order chi connectivity index (χ0) is 9.14. The summed E-state index contributed by atoms with van der Waals surface area (Å²) in [5.74, 6) is 0.113. The van der Waals surface area contributed by atoms with Crippen molar-refractivity contribution >= 4 is 17.5 Å². The summed E-state index contributed by atoms with van der Waals surface area (Å²) in [6, 6.07) is 1.91. The number of carbonyl (C=O) groups excluding carboxylic acids is 1. The molecule has 0 saturated carbocycles. The van der Waals surface area contributed by atoms with E-state index in [0.717, 1.165) is 10.5 Å². The summed E-state index contributed by atoms with van der Waals surface area (Å²) < 4.78 is 1.91. The molecule has 0 aliphatic rings. The third kappa shape index (κ3) is 2.08. The average Bonchev–Trinajstić information content (AvgIpc) is 2.03. The molecule has 0 amide bonds. The Kier molecular flexibility index (Phi) is 2.87. The van der Waals surface area contributed by atoms with Gasteiger partial charge in [0.05, 0.1) is 10.5 Å². The van der Waals surface area contributed by atoms with Crippen molar-refractivity contribution < 1.29 is 9.36 Å². The quantitative estimate of drug-likeness (QED) is 0.392. The molecule has 12 heavy (non-hydrogen) atoms. The average molecular weight is 182 g/mol. The van der Waals surface area contributed by atoms with Crippen LogP contribution < -0.4 is 4.57 Å². The summed E-state index contributed by atoms with van der Waals surface area (Å²) in [5.41, 5.74) is 0.768. The summed E-state index contributed by atoms with van der Waals surface area (Å²) in [6.07, 6.45) is 5.83. The highest BCUT2D eigenvalue weighted by Gasteiger charge is 2.06. The lowest BCUT2D eigenvalue weighted by Gasteiger charge is -1.96. The second-order valence-electron chi connectivity index (χ2n) is 2.69. The lowest BCUT2D eigenvalue weighted by Crippen LogP contribution is -2.28. The Hall–Kier alpha value is -0.830. The predicted octanol–water partition coefficient (Wildman–Crippen LogP) is 1.44. The predicted molar refractivity (Wildman–Crippen MR) is 49.4 cm³/mol. The van der Waals surface area contributed by atoms with Crippen molar-refractivity contribution in [3.63, 3.8) is 0 Å². The largest absolute Gasteiger partial charge is 0.294 e. The van der Waals surface area contributed by atoms with E-state index in [-0.39, 0.29) is 5.78 Å². The molecule has 0 N–H and O–H groups in total. The van der Waals surface area contributed by atoms with Gasteiger partial charge in [0.15, 0.2) is 18.2 Å². The zero-order valence-corrected chi connectivity index (χ0v) is 8.31. The van der Waals surface area contributed by atoms with E-state index in [2.05, 4.69) is 0 Å². The Labute approximate surface area is 76.6 Å². The molecule has 0 aliphatic heterocycles. The Morgan fingerprint density at radius 1 is 1.50 bits per heavy atom. The van der Waals surface area contributed by atoms with Gasteiger partial charge in [-0.25, -0.2) is 4.57 Å². The topological polar surface area (TPSA) is 20.9 Å². The fourth-order valence-corrected chi connectivity index (χ4v) is 1.51. The van der Waals surface area contributed by atoms with Gasteiger partial charge in [-0.3, -0.25) is 4.79 Å². The molecule has 64 valence electrons. The normalized spacial score (nSPS) is 9.92. The Morgan fingerprint density at radius 2 is 2.17 bits per heavy atom. The van der Waals surface area contributed by atoms with Crippen LogP contribution in [-0.2, 0) is 7.05 Å². The van der Waals surface area contributed by atoms with Crippen molar-refractivity contribution in [1.29, 1.82) is 0 Å². The van der Waals surface area contributed by atoms with E-state index in [1.165, 1.54) is 0 Å². The third-order valence-corrected chi connectivity index (χ3v) is 2.31. The fourth-order valence-electron chi connectivity index (χ4n) is 0.989. The van der Waals surface area contributed by atoms with Crippen molar-refractivity contribution in [2.24, 2.45) is 7.05 Å². The lowest BCUT2D eigenvalue weighted by atomic mass is 10.2. The van der Waals surface area contributed by atoms with Gasteiger partial charge in [-0.15, -0.1) is 11.8 Å². The number of nitrogens with zero attached hydrogens (tertiary/aromatic N) is 1. The van der Waals surface area contributed by atoms with Gasteiger partial charge in [-0.2, -0.15) is 0 Å². The van der Waals surface area contributed by atoms with Crippen molar-refractivity contribution in [3.8, 4) is 0 Å². The Balaban J connectivity index is 3.15. The maximum Gasteiger partial charge on any atom is 0.182 e. The highest BCUT2D eigenvalue weighted by molar-refractivity contribution is 7.98. The van der Waals surface area contributed by atoms with E-state index in [9.17, 15) is 4.79 Å². The molecule has 2 nitrogen and oxygen atoms in total. The number of Topliss-reactive ketones (excluding diaryl/α,β-unsaturated/α-hetero) is 1. The van der Waals surface area contributed by atoms with Gasteiger partial charge in [0, 0.05) is 0 Å². The number of rotatable bonds is 2. The van der Waals surface area contributed by atoms with Crippen LogP contribution in [0.1, 0.15) is 17.3 Å². The molecule has 1 rings (SSSR count). The molecule has 0 spiro atoms. The van der Waals surface area contributed by atoms with E-state index >= 15 is 0 Å². The van der Waals surface area contributed by atoms with E-state index in [1.54, 1.807) is 18.7 Å². The number of aromatic nitrogens is 1. The minimum absolute atomic E-state index is 0.113. The Morgan fingerprint density at radius 3 is 2.67 bits per heavy atom. The van der Waals surface area contributed by atoms with E-state index in [1.807, 2.05) is 36.3 Å². The first-order valence-corrected chi connectivity index (χ1v) is 4.91. The van der Waals surface area contributed by atoms with Crippen LogP contribution in [0.2, 0.25) is 0 Å². The van der Waals surface area contributed by atoms with Gasteiger partial charge >= 0.3 is 0 Å². The van der Waals surface area contributed by atoms with Crippen molar-refractivity contribution in [3.05, 3.63) is 24.0 Å². The van der Waals surface area contributed by atoms with Crippen LogP contribution in [-0.4, -0.2) is 12.0 Å². The molecule has 0 bridgehead atoms. The minimum atomic E-state index is 0.113. The summed E-state index contributed by atoms with van der Waals surface area (Å²) >= 11 is 1.64.